The summed E-state index contributed by atoms with van der Waals surface area (Å²) in [6, 6.07) is 2.32. The smallest absolute Gasteiger partial charge is 0.0195 e. The summed E-state index contributed by atoms with van der Waals surface area (Å²) in [4.78, 5) is 2.74. The van der Waals surface area contributed by atoms with Crippen LogP contribution >= 0.6 is 0 Å². The van der Waals surface area contributed by atoms with Crippen molar-refractivity contribution in [3.63, 3.8) is 0 Å². The summed E-state index contributed by atoms with van der Waals surface area (Å²) in [6.45, 7) is 9.45. The average Bonchev–Trinajstić information content (AvgIpc) is 2.86. The molecule has 1 saturated heterocycles. The number of hydrogen-bond donors (Lipinski definition) is 1. The molecule has 1 saturated carbocycles. The minimum Gasteiger partial charge on any atom is -0.313 e. The van der Waals surface area contributed by atoms with E-state index < -0.39 is 0 Å². The van der Waals surface area contributed by atoms with Crippen LogP contribution in [0.15, 0.2) is 0 Å². The summed E-state index contributed by atoms with van der Waals surface area (Å²) < 4.78 is 0. The molecule has 0 aromatic rings. The van der Waals surface area contributed by atoms with E-state index in [4.69, 9.17) is 0 Å². The van der Waals surface area contributed by atoms with Gasteiger partial charge in [-0.1, -0.05) is 6.92 Å². The van der Waals surface area contributed by atoms with E-state index in [9.17, 15) is 0 Å². The Hall–Kier alpha value is -0.0800. The van der Waals surface area contributed by atoms with Gasteiger partial charge in [-0.3, -0.25) is 4.90 Å². The van der Waals surface area contributed by atoms with E-state index in [2.05, 4.69) is 31.0 Å². The molecule has 0 aromatic heterocycles. The zero-order chi connectivity index (χ0) is 10.8. The van der Waals surface area contributed by atoms with Gasteiger partial charge in [0, 0.05) is 31.2 Å². The summed E-state index contributed by atoms with van der Waals surface area (Å²) in [7, 11) is 0. The van der Waals surface area contributed by atoms with Gasteiger partial charge in [-0.05, 0) is 45.4 Å². The monoisotopic (exact) mass is 210 g/mol. The van der Waals surface area contributed by atoms with Crippen molar-refractivity contribution >= 4 is 0 Å². The Balaban J connectivity index is 1.74. The number of rotatable bonds is 5. The Morgan fingerprint density at radius 3 is 2.67 bits per heavy atom. The molecule has 2 rings (SSSR count). The molecule has 2 fully saturated rings. The molecular formula is C13H26N2. The van der Waals surface area contributed by atoms with Gasteiger partial charge in [-0.25, -0.2) is 0 Å². The number of nitrogens with zero attached hydrogens (tertiary/aromatic N) is 1. The molecule has 1 N–H and O–H groups in total. The maximum Gasteiger partial charge on any atom is 0.0195 e. The number of fused-ring (bicyclic) bond motifs is 2. The van der Waals surface area contributed by atoms with Crippen LogP contribution in [-0.4, -0.2) is 36.1 Å². The molecule has 2 nitrogen and oxygen atoms in total. The zero-order valence-electron chi connectivity index (χ0n) is 10.5. The maximum absolute atomic E-state index is 3.63. The summed E-state index contributed by atoms with van der Waals surface area (Å²) in [5.41, 5.74) is 0. The highest BCUT2D eigenvalue weighted by atomic mass is 15.2. The lowest BCUT2D eigenvalue weighted by atomic mass is 10.1. The van der Waals surface area contributed by atoms with Gasteiger partial charge in [0.15, 0.2) is 0 Å². The average molecular weight is 210 g/mol. The second-order valence-electron chi connectivity index (χ2n) is 5.60. The number of nitrogens with one attached hydrogen (secondary N) is 1. The molecule has 4 atom stereocenters. The van der Waals surface area contributed by atoms with Crippen molar-refractivity contribution in [3.05, 3.63) is 0 Å². The number of hydrogen-bond acceptors (Lipinski definition) is 2. The lowest BCUT2D eigenvalue weighted by Gasteiger charge is -2.33. The zero-order valence-corrected chi connectivity index (χ0v) is 10.5. The third-order valence-corrected chi connectivity index (χ3v) is 4.39. The van der Waals surface area contributed by atoms with Gasteiger partial charge in [-0.2, -0.15) is 0 Å². The van der Waals surface area contributed by atoms with E-state index in [1.807, 2.05) is 0 Å². The second kappa shape index (κ2) is 4.84. The highest BCUT2D eigenvalue weighted by Crippen LogP contribution is 2.38. The molecule has 1 aliphatic heterocycles. The van der Waals surface area contributed by atoms with Crippen LogP contribution in [0, 0.1) is 5.92 Å². The van der Waals surface area contributed by atoms with Crippen molar-refractivity contribution in [3.8, 4) is 0 Å². The SMILES string of the molecule is CCC(C)NCC(C)N1CC2CCC1C2. The van der Waals surface area contributed by atoms with Gasteiger partial charge in [0.25, 0.3) is 0 Å². The van der Waals surface area contributed by atoms with Crippen LogP contribution in [0.5, 0.6) is 0 Å². The summed E-state index contributed by atoms with van der Waals surface area (Å²) in [5.74, 6) is 1.03. The minimum absolute atomic E-state index is 0.673. The minimum atomic E-state index is 0.673. The molecule has 1 heterocycles. The largest absolute Gasteiger partial charge is 0.313 e. The van der Waals surface area contributed by atoms with E-state index in [1.165, 1.54) is 32.2 Å². The predicted molar refractivity (Wildman–Crippen MR) is 65.1 cm³/mol. The second-order valence-corrected chi connectivity index (χ2v) is 5.60. The van der Waals surface area contributed by atoms with Gasteiger partial charge >= 0.3 is 0 Å². The van der Waals surface area contributed by atoms with E-state index in [1.54, 1.807) is 0 Å². The molecule has 88 valence electrons. The Morgan fingerprint density at radius 1 is 1.33 bits per heavy atom. The first kappa shape index (κ1) is 11.4. The lowest BCUT2D eigenvalue weighted by molar-refractivity contribution is 0.154. The lowest BCUT2D eigenvalue weighted by Crippen LogP contribution is -2.46. The van der Waals surface area contributed by atoms with Crippen LogP contribution < -0.4 is 5.32 Å². The van der Waals surface area contributed by atoms with Crippen molar-refractivity contribution in [2.75, 3.05) is 13.1 Å². The van der Waals surface area contributed by atoms with Crippen LogP contribution in [0.1, 0.15) is 46.5 Å². The van der Waals surface area contributed by atoms with Gasteiger partial charge < -0.3 is 5.32 Å². The molecule has 0 aromatic carbocycles. The molecule has 1 aliphatic carbocycles. The van der Waals surface area contributed by atoms with E-state index >= 15 is 0 Å². The molecule has 4 unspecified atom stereocenters. The van der Waals surface area contributed by atoms with Crippen LogP contribution in [0.2, 0.25) is 0 Å². The van der Waals surface area contributed by atoms with Crippen LogP contribution in [-0.2, 0) is 0 Å². The molecule has 2 aliphatic rings. The van der Waals surface area contributed by atoms with Gasteiger partial charge in [-0.15, -0.1) is 0 Å². The Kier molecular flexibility index (Phi) is 3.68. The maximum atomic E-state index is 3.63. The highest BCUT2D eigenvalue weighted by Gasteiger charge is 2.39. The molecule has 2 bridgehead atoms. The fourth-order valence-corrected chi connectivity index (χ4v) is 3.14. The Morgan fingerprint density at radius 2 is 2.13 bits per heavy atom. The molecule has 0 amide bonds. The van der Waals surface area contributed by atoms with Crippen molar-refractivity contribution in [2.24, 2.45) is 5.92 Å². The first-order valence-electron chi connectivity index (χ1n) is 6.69. The van der Waals surface area contributed by atoms with Crippen molar-refractivity contribution in [1.29, 1.82) is 0 Å². The fraction of sp³-hybridized carbons (Fsp3) is 1.00. The molecule has 2 heteroatoms. The highest BCUT2D eigenvalue weighted by molar-refractivity contribution is 4.94. The van der Waals surface area contributed by atoms with Gasteiger partial charge in [0.2, 0.25) is 0 Å². The van der Waals surface area contributed by atoms with Gasteiger partial charge in [0.05, 0.1) is 0 Å². The third kappa shape index (κ3) is 2.54. The standard InChI is InChI=1S/C13H26N2/c1-4-10(2)14-8-11(3)15-9-12-5-6-13(15)7-12/h10-14H,4-9H2,1-3H3. The Labute approximate surface area is 94.4 Å². The molecule has 15 heavy (non-hydrogen) atoms. The Bertz CT molecular complexity index is 205. The summed E-state index contributed by atoms with van der Waals surface area (Å²) in [6.07, 6.45) is 5.66. The normalized spacial score (nSPS) is 34.6. The van der Waals surface area contributed by atoms with Crippen LogP contribution in [0.3, 0.4) is 0 Å². The van der Waals surface area contributed by atoms with E-state index in [0.717, 1.165) is 24.5 Å². The summed E-state index contributed by atoms with van der Waals surface area (Å²) in [5, 5.41) is 3.63. The van der Waals surface area contributed by atoms with Crippen molar-refractivity contribution in [2.45, 2.75) is 64.6 Å². The topological polar surface area (TPSA) is 15.3 Å². The third-order valence-electron chi connectivity index (χ3n) is 4.39. The van der Waals surface area contributed by atoms with Crippen LogP contribution in [0.25, 0.3) is 0 Å². The molecule has 0 radical (unpaired) electrons. The summed E-state index contributed by atoms with van der Waals surface area (Å²) >= 11 is 0. The van der Waals surface area contributed by atoms with Crippen molar-refractivity contribution in [1.82, 2.24) is 10.2 Å². The number of likely N-dealkylation sites (tertiary alicyclic amines) is 1. The molecule has 0 spiro atoms. The van der Waals surface area contributed by atoms with Gasteiger partial charge in [0.1, 0.15) is 0 Å². The quantitative estimate of drug-likeness (QED) is 0.749. The van der Waals surface area contributed by atoms with E-state index in [0.29, 0.717) is 6.04 Å². The van der Waals surface area contributed by atoms with Crippen molar-refractivity contribution < 1.29 is 0 Å². The first-order chi connectivity index (χ1) is 7.20. The predicted octanol–water partition coefficient (Wildman–Crippen LogP) is 2.25. The number of piperidine rings is 1. The fourth-order valence-electron chi connectivity index (χ4n) is 3.14. The van der Waals surface area contributed by atoms with Crippen LogP contribution in [0.4, 0.5) is 0 Å². The van der Waals surface area contributed by atoms with E-state index in [-0.39, 0.29) is 0 Å². The first-order valence-corrected chi connectivity index (χ1v) is 6.69. The molecular weight excluding hydrogens is 184 g/mol.